The Bertz CT molecular complexity index is 415. The van der Waals surface area contributed by atoms with Crippen LogP contribution in [0.5, 0.6) is 0 Å². The van der Waals surface area contributed by atoms with Crippen molar-refractivity contribution in [2.45, 2.75) is 39.8 Å². The maximum Gasteiger partial charge on any atom is 0.220 e. The van der Waals surface area contributed by atoms with Gasteiger partial charge in [0.25, 0.3) is 0 Å². The van der Waals surface area contributed by atoms with Crippen molar-refractivity contribution in [2.75, 3.05) is 18.0 Å². The monoisotopic (exact) mass is 246 g/mol. The second-order valence-electron chi connectivity index (χ2n) is 5.36. The van der Waals surface area contributed by atoms with Crippen LogP contribution in [0.1, 0.15) is 26.3 Å². The fourth-order valence-electron chi connectivity index (χ4n) is 2.91. The van der Waals surface area contributed by atoms with E-state index in [4.69, 9.17) is 0 Å². The minimum Gasteiger partial charge on any atom is -0.367 e. The van der Waals surface area contributed by atoms with Crippen LogP contribution in [-0.2, 0) is 4.79 Å². The van der Waals surface area contributed by atoms with Crippen LogP contribution >= 0.6 is 0 Å². The molecule has 0 aromatic heterocycles. The Morgan fingerprint density at radius 3 is 2.06 bits per heavy atom. The smallest absolute Gasteiger partial charge is 0.220 e. The summed E-state index contributed by atoms with van der Waals surface area (Å²) < 4.78 is 0. The zero-order valence-corrected chi connectivity index (χ0v) is 11.7. The highest BCUT2D eigenvalue weighted by molar-refractivity contribution is 5.74. The first kappa shape index (κ1) is 12.9. The molecule has 1 aliphatic rings. The average Bonchev–Trinajstić information content (AvgIpc) is 2.28. The highest BCUT2D eigenvalue weighted by atomic mass is 16.2. The van der Waals surface area contributed by atoms with Crippen molar-refractivity contribution in [3.05, 3.63) is 29.8 Å². The summed E-state index contributed by atoms with van der Waals surface area (Å²) >= 11 is 0. The third kappa shape index (κ3) is 2.50. The number of nitrogens with zero attached hydrogens (tertiary/aromatic N) is 2. The summed E-state index contributed by atoms with van der Waals surface area (Å²) in [6.45, 7) is 9.83. The van der Waals surface area contributed by atoms with Gasteiger partial charge in [-0.1, -0.05) is 17.7 Å². The second kappa shape index (κ2) is 5.01. The molecule has 2 unspecified atom stereocenters. The van der Waals surface area contributed by atoms with Crippen molar-refractivity contribution in [1.82, 2.24) is 4.90 Å². The predicted molar refractivity (Wildman–Crippen MR) is 74.8 cm³/mol. The van der Waals surface area contributed by atoms with Crippen molar-refractivity contribution in [2.24, 2.45) is 0 Å². The highest BCUT2D eigenvalue weighted by Crippen LogP contribution is 2.22. The van der Waals surface area contributed by atoms with Crippen LogP contribution in [0.25, 0.3) is 0 Å². The number of amides is 1. The maximum absolute atomic E-state index is 11.6. The second-order valence-corrected chi connectivity index (χ2v) is 5.36. The molecular weight excluding hydrogens is 224 g/mol. The molecule has 0 radical (unpaired) electrons. The first-order chi connectivity index (χ1) is 8.49. The Labute approximate surface area is 109 Å². The Morgan fingerprint density at radius 1 is 1.11 bits per heavy atom. The summed E-state index contributed by atoms with van der Waals surface area (Å²) in [6.07, 6.45) is 0. The van der Waals surface area contributed by atoms with E-state index in [1.54, 1.807) is 6.92 Å². The minimum atomic E-state index is 0.179. The maximum atomic E-state index is 11.6. The summed E-state index contributed by atoms with van der Waals surface area (Å²) in [6, 6.07) is 9.15. The lowest BCUT2D eigenvalue weighted by Crippen LogP contribution is -2.58. The summed E-state index contributed by atoms with van der Waals surface area (Å²) in [7, 11) is 0. The van der Waals surface area contributed by atoms with Gasteiger partial charge in [0.1, 0.15) is 0 Å². The van der Waals surface area contributed by atoms with Crippen LogP contribution in [0.4, 0.5) is 5.69 Å². The van der Waals surface area contributed by atoms with E-state index in [-0.39, 0.29) is 18.0 Å². The number of hydrogen-bond acceptors (Lipinski definition) is 2. The summed E-state index contributed by atoms with van der Waals surface area (Å²) in [5.74, 6) is 0.179. The Kier molecular flexibility index (Phi) is 3.60. The number of rotatable bonds is 1. The molecular formula is C15H22N2O. The average molecular weight is 246 g/mol. The summed E-state index contributed by atoms with van der Waals surface area (Å²) in [4.78, 5) is 16.0. The fourth-order valence-corrected chi connectivity index (χ4v) is 2.91. The van der Waals surface area contributed by atoms with Crippen LogP contribution in [0.3, 0.4) is 0 Å². The Hall–Kier alpha value is -1.51. The third-order valence-corrected chi connectivity index (χ3v) is 3.68. The first-order valence-corrected chi connectivity index (χ1v) is 6.59. The number of aryl methyl sites for hydroxylation is 1. The van der Waals surface area contributed by atoms with Crippen molar-refractivity contribution >= 4 is 11.6 Å². The van der Waals surface area contributed by atoms with Crippen molar-refractivity contribution in [3.63, 3.8) is 0 Å². The topological polar surface area (TPSA) is 23.6 Å². The molecule has 1 heterocycles. The SMILES string of the molecule is CC(=O)N1C(C)CN(c2ccc(C)cc2)CC1C. The molecule has 1 fully saturated rings. The Balaban J connectivity index is 2.15. The van der Waals surface area contributed by atoms with Gasteiger partial charge in [-0.25, -0.2) is 0 Å². The normalized spacial score (nSPS) is 24.2. The highest BCUT2D eigenvalue weighted by Gasteiger charge is 2.30. The molecule has 0 saturated carbocycles. The summed E-state index contributed by atoms with van der Waals surface area (Å²) in [5, 5.41) is 0. The largest absolute Gasteiger partial charge is 0.367 e. The van der Waals surface area contributed by atoms with Crippen LogP contribution in [0.15, 0.2) is 24.3 Å². The number of anilines is 1. The first-order valence-electron chi connectivity index (χ1n) is 6.59. The number of hydrogen-bond donors (Lipinski definition) is 0. The van der Waals surface area contributed by atoms with E-state index in [9.17, 15) is 4.79 Å². The minimum absolute atomic E-state index is 0.179. The van der Waals surface area contributed by atoms with E-state index in [0.29, 0.717) is 0 Å². The van der Waals surface area contributed by atoms with Crippen molar-refractivity contribution in [1.29, 1.82) is 0 Å². The molecule has 0 bridgehead atoms. The van der Waals surface area contributed by atoms with Crippen LogP contribution in [-0.4, -0.2) is 36.0 Å². The lowest BCUT2D eigenvalue weighted by Gasteiger charge is -2.45. The molecule has 1 aliphatic heterocycles. The molecule has 98 valence electrons. The van der Waals surface area contributed by atoms with Gasteiger partial charge in [0.15, 0.2) is 0 Å². The predicted octanol–water partition coefficient (Wildman–Crippen LogP) is 2.44. The number of carbonyl (C=O) groups excluding carboxylic acids is 1. The van der Waals surface area contributed by atoms with Gasteiger partial charge in [-0.05, 0) is 32.9 Å². The number of piperazine rings is 1. The van der Waals surface area contributed by atoms with E-state index in [1.807, 2.05) is 4.90 Å². The number of benzene rings is 1. The van der Waals surface area contributed by atoms with Crippen LogP contribution in [0.2, 0.25) is 0 Å². The van der Waals surface area contributed by atoms with E-state index in [2.05, 4.69) is 49.9 Å². The van der Waals surface area contributed by atoms with Gasteiger partial charge in [-0.3, -0.25) is 4.79 Å². The standard InChI is InChI=1S/C15H22N2O/c1-11-5-7-15(8-6-11)16-9-12(2)17(14(4)18)13(3)10-16/h5-8,12-13H,9-10H2,1-4H3. The van der Waals surface area contributed by atoms with Gasteiger partial charge in [-0.2, -0.15) is 0 Å². The van der Waals surface area contributed by atoms with Gasteiger partial charge in [0.05, 0.1) is 0 Å². The molecule has 3 heteroatoms. The van der Waals surface area contributed by atoms with Gasteiger partial charge >= 0.3 is 0 Å². The molecule has 1 aromatic rings. The lowest BCUT2D eigenvalue weighted by molar-refractivity contribution is -0.133. The molecule has 1 saturated heterocycles. The molecule has 0 N–H and O–H groups in total. The molecule has 0 aliphatic carbocycles. The molecule has 1 aromatic carbocycles. The Morgan fingerprint density at radius 2 is 1.61 bits per heavy atom. The van der Waals surface area contributed by atoms with Crippen LogP contribution < -0.4 is 4.90 Å². The van der Waals surface area contributed by atoms with Gasteiger partial charge < -0.3 is 9.80 Å². The van der Waals surface area contributed by atoms with Crippen molar-refractivity contribution < 1.29 is 4.79 Å². The van der Waals surface area contributed by atoms with E-state index in [1.165, 1.54) is 11.3 Å². The van der Waals surface area contributed by atoms with Crippen molar-refractivity contribution in [3.8, 4) is 0 Å². The van der Waals surface area contributed by atoms with E-state index < -0.39 is 0 Å². The molecule has 2 atom stereocenters. The zero-order valence-electron chi connectivity index (χ0n) is 11.7. The molecule has 2 rings (SSSR count). The zero-order chi connectivity index (χ0) is 13.3. The molecule has 0 spiro atoms. The molecule has 18 heavy (non-hydrogen) atoms. The van der Waals surface area contributed by atoms with Crippen LogP contribution in [0, 0.1) is 6.92 Å². The van der Waals surface area contributed by atoms with E-state index in [0.717, 1.165) is 13.1 Å². The quantitative estimate of drug-likeness (QED) is 0.760. The summed E-state index contributed by atoms with van der Waals surface area (Å²) in [5.41, 5.74) is 2.53. The van der Waals surface area contributed by atoms with Gasteiger partial charge in [0, 0.05) is 37.8 Å². The van der Waals surface area contributed by atoms with Gasteiger partial charge in [0.2, 0.25) is 5.91 Å². The number of carbonyl (C=O) groups is 1. The fraction of sp³-hybridized carbons (Fsp3) is 0.533. The lowest BCUT2D eigenvalue weighted by atomic mass is 10.1. The third-order valence-electron chi connectivity index (χ3n) is 3.68. The van der Waals surface area contributed by atoms with E-state index >= 15 is 0 Å². The molecule has 3 nitrogen and oxygen atoms in total. The molecule has 1 amide bonds. The van der Waals surface area contributed by atoms with Gasteiger partial charge in [-0.15, -0.1) is 0 Å².